The van der Waals surface area contributed by atoms with Crippen LogP contribution < -0.4 is 10.6 Å². The molecule has 4 amide bonds. The lowest BCUT2D eigenvalue weighted by Crippen LogP contribution is -2.48. The Morgan fingerprint density at radius 2 is 2.00 bits per heavy atom. The molecule has 0 radical (unpaired) electrons. The molecule has 4 atom stereocenters. The van der Waals surface area contributed by atoms with Gasteiger partial charge < -0.3 is 15.6 Å². The van der Waals surface area contributed by atoms with Crippen LogP contribution in [0, 0.1) is 11.8 Å². The normalized spacial score (nSPS) is 27.3. The Kier molecular flexibility index (Phi) is 5.30. The molecule has 0 spiro atoms. The molecule has 7 nitrogen and oxygen atoms in total. The minimum absolute atomic E-state index is 0.106. The first-order chi connectivity index (χ1) is 13.9. The van der Waals surface area contributed by atoms with Gasteiger partial charge in [0.15, 0.2) is 0 Å². The van der Waals surface area contributed by atoms with Gasteiger partial charge in [0.1, 0.15) is 12.6 Å². The van der Waals surface area contributed by atoms with Gasteiger partial charge in [0, 0.05) is 29.6 Å². The number of imide groups is 1. The Morgan fingerprint density at radius 3 is 2.83 bits per heavy atom. The van der Waals surface area contributed by atoms with Gasteiger partial charge in [-0.3, -0.25) is 14.5 Å². The van der Waals surface area contributed by atoms with E-state index in [4.69, 9.17) is 0 Å². The fourth-order valence-corrected chi connectivity index (χ4v) is 4.57. The Hall–Kier alpha value is -2.83. The van der Waals surface area contributed by atoms with Gasteiger partial charge in [-0.05, 0) is 29.9 Å². The summed E-state index contributed by atoms with van der Waals surface area (Å²) in [6.45, 7) is 4.13. The van der Waals surface area contributed by atoms with Crippen LogP contribution in [0.4, 0.5) is 4.79 Å². The Bertz CT molecular complexity index is 937. The Balaban J connectivity index is 1.38. The van der Waals surface area contributed by atoms with Crippen molar-refractivity contribution in [1.29, 1.82) is 0 Å². The summed E-state index contributed by atoms with van der Waals surface area (Å²) in [4.78, 5) is 41.8. The van der Waals surface area contributed by atoms with Gasteiger partial charge in [-0.15, -0.1) is 0 Å². The summed E-state index contributed by atoms with van der Waals surface area (Å²) in [6, 6.07) is 6.80. The lowest BCUT2D eigenvalue weighted by atomic mass is 9.78. The lowest BCUT2D eigenvalue weighted by molar-refractivity contribution is -0.132. The predicted molar refractivity (Wildman–Crippen MR) is 110 cm³/mol. The van der Waals surface area contributed by atoms with E-state index < -0.39 is 12.1 Å². The second-order valence-electron chi connectivity index (χ2n) is 8.43. The molecule has 1 aliphatic heterocycles. The zero-order valence-electron chi connectivity index (χ0n) is 16.9. The molecular weight excluding hydrogens is 368 g/mol. The number of nitrogens with one attached hydrogen (secondary N) is 3. The van der Waals surface area contributed by atoms with Crippen molar-refractivity contribution in [3.05, 3.63) is 36.0 Å². The SMILES string of the molecule is C[C@H]1[C@H](C)CCC[C@@H]1NC(=O)CN1C(=O)N[C@H](Cc2c[nH]c3ccccc23)C1=O. The minimum atomic E-state index is -0.650. The van der Waals surface area contributed by atoms with Crippen LogP contribution in [-0.4, -0.2) is 46.4 Å². The van der Waals surface area contributed by atoms with E-state index in [9.17, 15) is 14.4 Å². The number of H-pyrrole nitrogens is 1. The molecule has 29 heavy (non-hydrogen) atoms. The quantitative estimate of drug-likeness (QED) is 0.678. The van der Waals surface area contributed by atoms with Crippen LogP contribution in [0.1, 0.15) is 38.7 Å². The van der Waals surface area contributed by atoms with Gasteiger partial charge in [0.25, 0.3) is 5.91 Å². The lowest BCUT2D eigenvalue weighted by Gasteiger charge is -2.34. The Morgan fingerprint density at radius 1 is 1.21 bits per heavy atom. The zero-order valence-corrected chi connectivity index (χ0v) is 16.9. The number of aromatic amines is 1. The molecule has 1 aromatic carbocycles. The van der Waals surface area contributed by atoms with Crippen LogP contribution in [0.3, 0.4) is 0 Å². The summed E-state index contributed by atoms with van der Waals surface area (Å²) in [5, 5.41) is 6.79. The van der Waals surface area contributed by atoms with Crippen LogP contribution in [0.25, 0.3) is 10.9 Å². The van der Waals surface area contributed by atoms with E-state index in [1.807, 2.05) is 30.5 Å². The number of carbonyl (C=O) groups excluding carboxylic acids is 3. The molecule has 2 aromatic rings. The van der Waals surface area contributed by atoms with Crippen molar-refractivity contribution in [2.45, 2.75) is 51.6 Å². The summed E-state index contributed by atoms with van der Waals surface area (Å²) in [5.41, 5.74) is 1.96. The highest BCUT2D eigenvalue weighted by Crippen LogP contribution is 2.29. The molecule has 0 bridgehead atoms. The molecule has 154 valence electrons. The van der Waals surface area contributed by atoms with Crippen molar-refractivity contribution in [3.8, 4) is 0 Å². The molecule has 1 saturated carbocycles. The van der Waals surface area contributed by atoms with Crippen molar-refractivity contribution < 1.29 is 14.4 Å². The van der Waals surface area contributed by atoms with Gasteiger partial charge >= 0.3 is 6.03 Å². The maximum Gasteiger partial charge on any atom is 0.325 e. The van der Waals surface area contributed by atoms with Crippen LogP contribution in [-0.2, 0) is 16.0 Å². The van der Waals surface area contributed by atoms with E-state index in [1.54, 1.807) is 0 Å². The third kappa shape index (κ3) is 3.86. The maximum atomic E-state index is 12.8. The number of carbonyl (C=O) groups is 3. The number of benzene rings is 1. The second-order valence-corrected chi connectivity index (χ2v) is 8.43. The first-order valence-corrected chi connectivity index (χ1v) is 10.4. The number of aromatic nitrogens is 1. The van der Waals surface area contributed by atoms with Crippen LogP contribution in [0.2, 0.25) is 0 Å². The third-order valence-electron chi connectivity index (χ3n) is 6.56. The monoisotopic (exact) mass is 396 g/mol. The summed E-state index contributed by atoms with van der Waals surface area (Å²) >= 11 is 0. The third-order valence-corrected chi connectivity index (χ3v) is 6.56. The number of amides is 4. The summed E-state index contributed by atoms with van der Waals surface area (Å²) in [5.74, 6) is 0.337. The van der Waals surface area contributed by atoms with E-state index in [-0.39, 0.29) is 24.4 Å². The molecule has 1 aromatic heterocycles. The van der Waals surface area contributed by atoms with E-state index in [0.29, 0.717) is 18.3 Å². The predicted octanol–water partition coefficient (Wildman–Crippen LogP) is 2.57. The van der Waals surface area contributed by atoms with Crippen molar-refractivity contribution in [3.63, 3.8) is 0 Å². The van der Waals surface area contributed by atoms with E-state index >= 15 is 0 Å². The molecule has 0 unspecified atom stereocenters. The fraction of sp³-hybridized carbons (Fsp3) is 0.500. The number of rotatable bonds is 5. The van der Waals surface area contributed by atoms with Crippen LogP contribution in [0.15, 0.2) is 30.5 Å². The number of hydrogen-bond donors (Lipinski definition) is 3. The number of hydrogen-bond acceptors (Lipinski definition) is 3. The van der Waals surface area contributed by atoms with Gasteiger partial charge in [-0.2, -0.15) is 0 Å². The summed E-state index contributed by atoms with van der Waals surface area (Å²) < 4.78 is 0. The van der Waals surface area contributed by atoms with E-state index in [1.165, 1.54) is 6.42 Å². The van der Waals surface area contributed by atoms with Crippen LogP contribution in [0.5, 0.6) is 0 Å². The first-order valence-electron chi connectivity index (χ1n) is 10.4. The highest BCUT2D eigenvalue weighted by molar-refractivity contribution is 6.06. The van der Waals surface area contributed by atoms with Gasteiger partial charge in [0.05, 0.1) is 0 Å². The summed E-state index contributed by atoms with van der Waals surface area (Å²) in [6.07, 6.45) is 5.47. The molecule has 4 rings (SSSR count). The zero-order chi connectivity index (χ0) is 20.5. The molecule has 7 heteroatoms. The standard InChI is InChI=1S/C22H28N4O3/c1-13-6-5-9-17(14(13)2)24-20(27)12-26-21(28)19(25-22(26)29)10-15-11-23-18-8-4-3-7-16(15)18/h3-4,7-8,11,13-14,17,19,23H,5-6,9-10,12H2,1-2H3,(H,24,27)(H,25,29)/t13-,14+,17+,19-/m1/s1. The van der Waals surface area contributed by atoms with Crippen molar-refractivity contribution in [2.75, 3.05) is 6.54 Å². The largest absolute Gasteiger partial charge is 0.361 e. The minimum Gasteiger partial charge on any atom is -0.361 e. The highest BCUT2D eigenvalue weighted by Gasteiger charge is 2.39. The molecular formula is C22H28N4O3. The molecule has 2 fully saturated rings. The molecule has 2 aliphatic rings. The number of fused-ring (bicyclic) bond motifs is 1. The summed E-state index contributed by atoms with van der Waals surface area (Å²) in [7, 11) is 0. The van der Waals surface area contributed by atoms with Crippen molar-refractivity contribution in [2.24, 2.45) is 11.8 Å². The van der Waals surface area contributed by atoms with E-state index in [0.717, 1.165) is 34.2 Å². The van der Waals surface area contributed by atoms with Gasteiger partial charge in [-0.25, -0.2) is 4.79 Å². The molecule has 2 heterocycles. The Labute approximate surface area is 170 Å². The average Bonchev–Trinajstić information content (AvgIpc) is 3.22. The van der Waals surface area contributed by atoms with Gasteiger partial charge in [0.2, 0.25) is 5.91 Å². The number of para-hydroxylation sites is 1. The van der Waals surface area contributed by atoms with Gasteiger partial charge in [-0.1, -0.05) is 44.9 Å². The topological polar surface area (TPSA) is 94.3 Å². The fourth-order valence-electron chi connectivity index (χ4n) is 4.57. The highest BCUT2D eigenvalue weighted by atomic mass is 16.2. The number of urea groups is 1. The molecule has 3 N–H and O–H groups in total. The van der Waals surface area contributed by atoms with Crippen molar-refractivity contribution >= 4 is 28.7 Å². The first kappa shape index (κ1) is 19.5. The molecule has 1 aliphatic carbocycles. The van der Waals surface area contributed by atoms with Crippen molar-refractivity contribution in [1.82, 2.24) is 20.5 Å². The maximum absolute atomic E-state index is 12.8. The van der Waals surface area contributed by atoms with Crippen LogP contribution >= 0.6 is 0 Å². The smallest absolute Gasteiger partial charge is 0.325 e. The molecule has 1 saturated heterocycles. The number of nitrogens with zero attached hydrogens (tertiary/aromatic N) is 1. The van der Waals surface area contributed by atoms with E-state index in [2.05, 4.69) is 29.5 Å². The average molecular weight is 396 g/mol. The second kappa shape index (κ2) is 7.89.